The number of ether oxygens (including phenoxy) is 1. The quantitative estimate of drug-likeness (QED) is 0.717. The summed E-state index contributed by atoms with van der Waals surface area (Å²) in [6, 6.07) is 3.48. The summed E-state index contributed by atoms with van der Waals surface area (Å²) in [6.07, 6.45) is 1.40. The molecule has 2 aliphatic heterocycles. The highest BCUT2D eigenvalue weighted by Crippen LogP contribution is 2.24. The second-order valence-electron chi connectivity index (χ2n) is 8.11. The van der Waals surface area contributed by atoms with Crippen LogP contribution in [0, 0.1) is 11.7 Å². The van der Waals surface area contributed by atoms with Gasteiger partial charge in [-0.15, -0.1) is 0 Å². The number of carbonyl (C=O) groups excluding carboxylic acids is 1. The van der Waals surface area contributed by atoms with Gasteiger partial charge in [0.05, 0.1) is 12.7 Å². The van der Waals surface area contributed by atoms with Crippen molar-refractivity contribution in [2.45, 2.75) is 37.7 Å². The third kappa shape index (κ3) is 5.53. The molecule has 0 spiro atoms. The average Bonchev–Trinajstić information content (AvgIpc) is 3.22. The zero-order chi connectivity index (χ0) is 21.0. The minimum absolute atomic E-state index is 0.124. The number of benzene rings is 1. The number of amides is 1. The standard InChI is InChI=1S/C20H30FN3O4S/c1-15(2)13-23-9-10-28-17(14-23)12-22-20(25)16-5-6-18(21)19(11-16)29(26,27)24-7-3-4-8-24/h5-6,11,15,17H,3-4,7-10,12-14H2,1-2H3,(H,22,25). The fraction of sp³-hybridized carbons (Fsp3) is 0.650. The van der Waals surface area contributed by atoms with Gasteiger partial charge >= 0.3 is 0 Å². The minimum Gasteiger partial charge on any atom is -0.374 e. The molecular formula is C20H30FN3O4S. The van der Waals surface area contributed by atoms with Gasteiger partial charge in [0.15, 0.2) is 0 Å². The molecule has 29 heavy (non-hydrogen) atoms. The predicted octanol–water partition coefficient (Wildman–Crippen LogP) is 1.70. The van der Waals surface area contributed by atoms with E-state index in [9.17, 15) is 17.6 Å². The van der Waals surface area contributed by atoms with Crippen molar-refractivity contribution in [2.75, 3.05) is 45.9 Å². The molecule has 1 amide bonds. The van der Waals surface area contributed by atoms with E-state index in [2.05, 4.69) is 24.1 Å². The number of hydrogen-bond acceptors (Lipinski definition) is 5. The normalized spacial score (nSPS) is 21.6. The molecule has 2 aliphatic rings. The Morgan fingerprint density at radius 3 is 2.69 bits per heavy atom. The average molecular weight is 428 g/mol. The Kier molecular flexibility index (Phi) is 7.26. The van der Waals surface area contributed by atoms with Gasteiger partial charge in [-0.2, -0.15) is 4.31 Å². The number of sulfonamides is 1. The lowest BCUT2D eigenvalue weighted by atomic mass is 10.1. The van der Waals surface area contributed by atoms with Gasteiger partial charge in [-0.3, -0.25) is 9.69 Å². The Balaban J connectivity index is 1.64. The SMILES string of the molecule is CC(C)CN1CCOC(CNC(=O)c2ccc(F)c(S(=O)(=O)N3CCCC3)c2)C1. The van der Waals surface area contributed by atoms with Crippen LogP contribution in [0.4, 0.5) is 4.39 Å². The number of halogens is 1. The third-order valence-corrected chi connectivity index (χ3v) is 7.13. The van der Waals surface area contributed by atoms with Gasteiger partial charge in [-0.05, 0) is 37.0 Å². The topological polar surface area (TPSA) is 79.0 Å². The molecule has 1 aromatic carbocycles. The predicted molar refractivity (Wildman–Crippen MR) is 108 cm³/mol. The zero-order valence-corrected chi connectivity index (χ0v) is 17.9. The van der Waals surface area contributed by atoms with Crippen LogP contribution in [0.3, 0.4) is 0 Å². The number of carbonyl (C=O) groups is 1. The summed E-state index contributed by atoms with van der Waals surface area (Å²) in [4.78, 5) is 14.4. The molecule has 0 aliphatic carbocycles. The highest BCUT2D eigenvalue weighted by molar-refractivity contribution is 7.89. The Labute approximate surface area is 172 Å². The van der Waals surface area contributed by atoms with E-state index in [1.807, 2.05) is 0 Å². The maximum atomic E-state index is 14.2. The van der Waals surface area contributed by atoms with E-state index in [0.29, 0.717) is 32.2 Å². The largest absolute Gasteiger partial charge is 0.374 e. The molecule has 0 saturated carbocycles. The van der Waals surface area contributed by atoms with Crippen LogP contribution in [-0.2, 0) is 14.8 Å². The summed E-state index contributed by atoms with van der Waals surface area (Å²) in [7, 11) is -3.93. The maximum Gasteiger partial charge on any atom is 0.251 e. The molecule has 1 unspecified atom stereocenters. The molecule has 3 rings (SSSR count). The number of nitrogens with zero attached hydrogens (tertiary/aromatic N) is 2. The molecule has 1 aromatic rings. The maximum absolute atomic E-state index is 14.2. The molecule has 162 valence electrons. The Morgan fingerprint density at radius 1 is 1.28 bits per heavy atom. The summed E-state index contributed by atoms with van der Waals surface area (Å²) in [5.74, 6) is -0.723. The Morgan fingerprint density at radius 2 is 2.00 bits per heavy atom. The van der Waals surface area contributed by atoms with E-state index in [-0.39, 0.29) is 11.7 Å². The first kappa shape index (κ1) is 22.1. The molecule has 1 atom stereocenters. The van der Waals surface area contributed by atoms with Gasteiger partial charge in [0.2, 0.25) is 10.0 Å². The van der Waals surface area contributed by atoms with E-state index in [1.165, 1.54) is 10.4 Å². The first-order chi connectivity index (χ1) is 13.8. The fourth-order valence-corrected chi connectivity index (χ4v) is 5.41. The van der Waals surface area contributed by atoms with Gasteiger partial charge < -0.3 is 10.1 Å². The Bertz CT molecular complexity index is 825. The lowest BCUT2D eigenvalue weighted by Gasteiger charge is -2.33. The van der Waals surface area contributed by atoms with Crippen molar-refractivity contribution >= 4 is 15.9 Å². The molecule has 0 bridgehead atoms. The van der Waals surface area contributed by atoms with E-state index in [1.54, 1.807) is 0 Å². The van der Waals surface area contributed by atoms with E-state index >= 15 is 0 Å². The van der Waals surface area contributed by atoms with Crippen molar-refractivity contribution in [3.05, 3.63) is 29.6 Å². The third-order valence-electron chi connectivity index (χ3n) is 5.21. The Hall–Kier alpha value is -1.55. The lowest BCUT2D eigenvalue weighted by molar-refractivity contribution is -0.0295. The van der Waals surface area contributed by atoms with Crippen LogP contribution in [0.25, 0.3) is 0 Å². The second-order valence-corrected chi connectivity index (χ2v) is 10.0. The number of rotatable bonds is 7. The van der Waals surface area contributed by atoms with Crippen molar-refractivity contribution in [1.29, 1.82) is 0 Å². The van der Waals surface area contributed by atoms with Crippen molar-refractivity contribution in [3.8, 4) is 0 Å². The molecule has 0 aromatic heterocycles. The van der Waals surface area contributed by atoms with Crippen molar-refractivity contribution in [2.24, 2.45) is 5.92 Å². The summed E-state index contributed by atoms with van der Waals surface area (Å²) < 4.78 is 46.6. The molecule has 2 saturated heterocycles. The van der Waals surface area contributed by atoms with Gasteiger partial charge in [-0.1, -0.05) is 13.8 Å². The highest BCUT2D eigenvalue weighted by atomic mass is 32.2. The van der Waals surface area contributed by atoms with E-state index in [4.69, 9.17) is 4.74 Å². The summed E-state index contributed by atoms with van der Waals surface area (Å²) in [6.45, 7) is 8.59. The second kappa shape index (κ2) is 9.51. The first-order valence-electron chi connectivity index (χ1n) is 10.2. The van der Waals surface area contributed by atoms with Gasteiger partial charge in [0.25, 0.3) is 5.91 Å². The lowest BCUT2D eigenvalue weighted by Crippen LogP contribution is -2.48. The fourth-order valence-electron chi connectivity index (χ4n) is 3.80. The molecule has 2 fully saturated rings. The molecule has 2 heterocycles. The minimum atomic E-state index is -3.93. The monoisotopic (exact) mass is 427 g/mol. The van der Waals surface area contributed by atoms with Gasteiger partial charge in [0.1, 0.15) is 10.7 Å². The van der Waals surface area contributed by atoms with Crippen LogP contribution in [0.1, 0.15) is 37.0 Å². The summed E-state index contributed by atoms with van der Waals surface area (Å²) in [5, 5.41) is 2.79. The molecule has 7 nitrogen and oxygen atoms in total. The van der Waals surface area contributed by atoms with Crippen LogP contribution < -0.4 is 5.32 Å². The van der Waals surface area contributed by atoms with Crippen LogP contribution in [0.15, 0.2) is 23.1 Å². The summed E-state index contributed by atoms with van der Waals surface area (Å²) >= 11 is 0. The van der Waals surface area contributed by atoms with Crippen LogP contribution in [0.2, 0.25) is 0 Å². The van der Waals surface area contributed by atoms with Crippen LogP contribution >= 0.6 is 0 Å². The van der Waals surface area contributed by atoms with Gasteiger partial charge in [0, 0.05) is 44.8 Å². The van der Waals surface area contributed by atoms with E-state index < -0.39 is 26.6 Å². The van der Waals surface area contributed by atoms with Gasteiger partial charge in [-0.25, -0.2) is 12.8 Å². The van der Waals surface area contributed by atoms with Crippen LogP contribution in [-0.4, -0.2) is 75.5 Å². The smallest absolute Gasteiger partial charge is 0.251 e. The van der Waals surface area contributed by atoms with E-state index in [0.717, 1.165) is 44.6 Å². The molecule has 1 N–H and O–H groups in total. The first-order valence-corrected chi connectivity index (χ1v) is 11.6. The molecule has 9 heteroatoms. The number of nitrogens with one attached hydrogen (secondary N) is 1. The summed E-state index contributed by atoms with van der Waals surface area (Å²) in [5.41, 5.74) is 0.124. The van der Waals surface area contributed by atoms with Crippen molar-refractivity contribution < 1.29 is 22.3 Å². The molecular weight excluding hydrogens is 397 g/mol. The molecule has 0 radical (unpaired) electrons. The number of hydrogen-bond donors (Lipinski definition) is 1. The highest BCUT2D eigenvalue weighted by Gasteiger charge is 2.30. The van der Waals surface area contributed by atoms with Crippen molar-refractivity contribution in [1.82, 2.24) is 14.5 Å². The zero-order valence-electron chi connectivity index (χ0n) is 17.1. The van der Waals surface area contributed by atoms with Crippen LogP contribution in [0.5, 0.6) is 0 Å². The van der Waals surface area contributed by atoms with Crippen molar-refractivity contribution in [3.63, 3.8) is 0 Å². The number of morpholine rings is 1.